The van der Waals surface area contributed by atoms with Crippen molar-refractivity contribution in [1.29, 1.82) is 0 Å². The van der Waals surface area contributed by atoms with Crippen LogP contribution in [0.4, 0.5) is 0 Å². The summed E-state index contributed by atoms with van der Waals surface area (Å²) < 4.78 is 0. The van der Waals surface area contributed by atoms with Crippen molar-refractivity contribution in [2.45, 2.75) is 6.92 Å². The van der Waals surface area contributed by atoms with E-state index in [1.807, 2.05) is 13.0 Å². The number of halogens is 1. The van der Waals surface area contributed by atoms with E-state index in [1.165, 1.54) is 12.4 Å². The summed E-state index contributed by atoms with van der Waals surface area (Å²) in [5.74, 6) is 0. The second-order valence-electron chi connectivity index (χ2n) is 3.69. The second-order valence-corrected chi connectivity index (χ2v) is 4.08. The van der Waals surface area contributed by atoms with E-state index in [0.717, 1.165) is 5.56 Å². The number of hydrogen-bond acceptors (Lipinski definition) is 5. The standard InChI is InChI=1S/C13H15ClN4O/c1-9-3-4-13(14)18-12(9)5-10(8-17-19)11(6-15)7-16-2/h3-8,19H,15H2,1-2H3/b10-5+,11-6?,16-7?,17-8+. The summed E-state index contributed by atoms with van der Waals surface area (Å²) in [6.07, 6.45) is 5.93. The molecule has 0 aliphatic carbocycles. The zero-order chi connectivity index (χ0) is 14.3. The van der Waals surface area contributed by atoms with Crippen molar-refractivity contribution < 1.29 is 5.21 Å². The number of allylic oxidation sites excluding steroid dienone is 2. The summed E-state index contributed by atoms with van der Waals surface area (Å²) in [7, 11) is 1.63. The Hall–Kier alpha value is -2.14. The highest BCUT2D eigenvalue weighted by Crippen LogP contribution is 2.16. The van der Waals surface area contributed by atoms with E-state index in [0.29, 0.717) is 22.0 Å². The molecule has 6 heteroatoms. The van der Waals surface area contributed by atoms with Gasteiger partial charge >= 0.3 is 0 Å². The van der Waals surface area contributed by atoms with Crippen LogP contribution in [-0.2, 0) is 0 Å². The SMILES string of the molecule is CN=CC(=CN)C(=C/c1nc(Cl)ccc1C)/C=N/O. The second kappa shape index (κ2) is 7.33. The molecule has 3 N–H and O–H groups in total. The number of pyridine rings is 1. The van der Waals surface area contributed by atoms with Crippen LogP contribution in [0.3, 0.4) is 0 Å². The third kappa shape index (κ3) is 4.22. The van der Waals surface area contributed by atoms with E-state index in [1.54, 1.807) is 25.4 Å². The van der Waals surface area contributed by atoms with Gasteiger partial charge in [-0.1, -0.05) is 22.8 Å². The molecule has 0 atom stereocenters. The van der Waals surface area contributed by atoms with Gasteiger partial charge in [-0.05, 0) is 24.6 Å². The van der Waals surface area contributed by atoms with Crippen molar-refractivity contribution in [3.05, 3.63) is 45.9 Å². The van der Waals surface area contributed by atoms with Crippen molar-refractivity contribution in [3.8, 4) is 0 Å². The van der Waals surface area contributed by atoms with Gasteiger partial charge in [-0.2, -0.15) is 0 Å². The fraction of sp³-hybridized carbons (Fsp3) is 0.154. The third-order valence-electron chi connectivity index (χ3n) is 2.37. The molecule has 0 radical (unpaired) electrons. The fourth-order valence-electron chi connectivity index (χ4n) is 1.42. The normalized spacial score (nSPS) is 13.6. The number of aromatic nitrogens is 1. The summed E-state index contributed by atoms with van der Waals surface area (Å²) in [6.45, 7) is 1.91. The van der Waals surface area contributed by atoms with Crippen molar-refractivity contribution in [3.63, 3.8) is 0 Å². The van der Waals surface area contributed by atoms with E-state index in [4.69, 9.17) is 22.5 Å². The minimum Gasteiger partial charge on any atom is -0.411 e. The molecule has 0 aromatic carbocycles. The number of aryl methyl sites for hydroxylation is 1. The van der Waals surface area contributed by atoms with E-state index < -0.39 is 0 Å². The van der Waals surface area contributed by atoms with Gasteiger partial charge in [0.25, 0.3) is 0 Å². The average molecular weight is 279 g/mol. The van der Waals surface area contributed by atoms with Gasteiger partial charge in [-0.25, -0.2) is 4.98 Å². The lowest BCUT2D eigenvalue weighted by atomic mass is 10.1. The number of aliphatic imine (C=N–C) groups is 1. The van der Waals surface area contributed by atoms with Crippen LogP contribution in [-0.4, -0.2) is 29.7 Å². The first-order valence-corrected chi connectivity index (χ1v) is 5.87. The summed E-state index contributed by atoms with van der Waals surface area (Å²) in [6, 6.07) is 3.57. The molecule has 0 bridgehead atoms. The molecule has 5 nitrogen and oxygen atoms in total. The molecule has 0 fully saturated rings. The predicted molar refractivity (Wildman–Crippen MR) is 78.9 cm³/mol. The Morgan fingerprint density at radius 3 is 2.68 bits per heavy atom. The van der Waals surface area contributed by atoms with Gasteiger partial charge in [0.2, 0.25) is 0 Å². The molecule has 0 saturated carbocycles. The predicted octanol–water partition coefficient (Wildman–Crippen LogP) is 2.43. The zero-order valence-corrected chi connectivity index (χ0v) is 11.5. The number of nitrogens with zero attached hydrogens (tertiary/aromatic N) is 3. The lowest BCUT2D eigenvalue weighted by Crippen LogP contribution is -1.99. The van der Waals surface area contributed by atoms with Crippen molar-refractivity contribution in [2.24, 2.45) is 15.9 Å². The van der Waals surface area contributed by atoms with E-state index in [9.17, 15) is 0 Å². The van der Waals surface area contributed by atoms with Crippen LogP contribution < -0.4 is 5.73 Å². The molecule has 1 heterocycles. The lowest BCUT2D eigenvalue weighted by molar-refractivity contribution is 0.322. The molecule has 19 heavy (non-hydrogen) atoms. The minimum absolute atomic E-state index is 0.388. The highest BCUT2D eigenvalue weighted by Gasteiger charge is 2.04. The van der Waals surface area contributed by atoms with Crippen LogP contribution in [0, 0.1) is 6.92 Å². The largest absolute Gasteiger partial charge is 0.411 e. The number of hydrogen-bond donors (Lipinski definition) is 2. The Balaban J connectivity index is 3.32. The molecule has 1 aromatic heterocycles. The molecule has 0 unspecified atom stereocenters. The Kier molecular flexibility index (Phi) is 5.75. The maximum atomic E-state index is 8.72. The Morgan fingerprint density at radius 1 is 1.37 bits per heavy atom. The maximum absolute atomic E-state index is 8.72. The quantitative estimate of drug-likeness (QED) is 0.292. The van der Waals surface area contributed by atoms with Gasteiger partial charge in [0.1, 0.15) is 5.15 Å². The summed E-state index contributed by atoms with van der Waals surface area (Å²) in [5.41, 5.74) is 8.33. The molecule has 100 valence electrons. The maximum Gasteiger partial charge on any atom is 0.129 e. The molecular weight excluding hydrogens is 264 g/mol. The Morgan fingerprint density at radius 2 is 2.11 bits per heavy atom. The van der Waals surface area contributed by atoms with Crippen LogP contribution in [0.1, 0.15) is 11.3 Å². The molecule has 0 amide bonds. The van der Waals surface area contributed by atoms with Gasteiger partial charge in [0.05, 0.1) is 11.9 Å². The zero-order valence-electron chi connectivity index (χ0n) is 10.7. The number of nitrogens with two attached hydrogens (primary N) is 1. The molecule has 1 aromatic rings. The monoisotopic (exact) mass is 278 g/mol. The van der Waals surface area contributed by atoms with Crippen LogP contribution in [0.5, 0.6) is 0 Å². The van der Waals surface area contributed by atoms with Gasteiger partial charge in [0.15, 0.2) is 0 Å². The first-order valence-electron chi connectivity index (χ1n) is 5.49. The Labute approximate surface area is 116 Å². The summed E-state index contributed by atoms with van der Waals surface area (Å²) >= 11 is 5.86. The van der Waals surface area contributed by atoms with Gasteiger partial charge < -0.3 is 10.9 Å². The molecular formula is C13H15ClN4O. The summed E-state index contributed by atoms with van der Waals surface area (Å²) in [5, 5.41) is 12.1. The van der Waals surface area contributed by atoms with Crippen molar-refractivity contribution >= 4 is 30.1 Å². The van der Waals surface area contributed by atoms with Crippen LogP contribution in [0.25, 0.3) is 6.08 Å². The number of rotatable bonds is 4. The third-order valence-corrected chi connectivity index (χ3v) is 2.58. The van der Waals surface area contributed by atoms with Crippen LogP contribution >= 0.6 is 11.6 Å². The molecule has 0 saturated heterocycles. The van der Waals surface area contributed by atoms with Crippen LogP contribution in [0.15, 0.2) is 39.6 Å². The van der Waals surface area contributed by atoms with E-state index in [-0.39, 0.29) is 0 Å². The van der Waals surface area contributed by atoms with Gasteiger partial charge in [-0.15, -0.1) is 0 Å². The average Bonchev–Trinajstić information content (AvgIpc) is 2.39. The van der Waals surface area contributed by atoms with Gasteiger partial charge in [0, 0.05) is 30.6 Å². The molecule has 0 aliphatic rings. The minimum atomic E-state index is 0.388. The number of oxime groups is 1. The van der Waals surface area contributed by atoms with E-state index >= 15 is 0 Å². The first-order chi connectivity index (χ1) is 9.12. The highest BCUT2D eigenvalue weighted by molar-refractivity contribution is 6.29. The van der Waals surface area contributed by atoms with Crippen molar-refractivity contribution in [2.75, 3.05) is 7.05 Å². The topological polar surface area (TPSA) is 83.9 Å². The Bertz CT molecular complexity index is 562. The van der Waals surface area contributed by atoms with Crippen LogP contribution in [0.2, 0.25) is 5.15 Å². The van der Waals surface area contributed by atoms with E-state index in [2.05, 4.69) is 15.1 Å². The lowest BCUT2D eigenvalue weighted by Gasteiger charge is -2.04. The molecule has 1 rings (SSSR count). The van der Waals surface area contributed by atoms with Crippen molar-refractivity contribution in [1.82, 2.24) is 4.98 Å². The highest BCUT2D eigenvalue weighted by atomic mass is 35.5. The molecule has 0 aliphatic heterocycles. The fourth-order valence-corrected chi connectivity index (χ4v) is 1.58. The molecule has 0 spiro atoms. The smallest absolute Gasteiger partial charge is 0.129 e. The first kappa shape index (κ1) is 14.9. The van der Waals surface area contributed by atoms with Gasteiger partial charge in [-0.3, -0.25) is 4.99 Å². The summed E-state index contributed by atoms with van der Waals surface area (Å²) in [4.78, 5) is 8.09.